The van der Waals surface area contributed by atoms with Gasteiger partial charge in [0.05, 0.1) is 0 Å². The maximum Gasteiger partial charge on any atom is 0.220 e. The van der Waals surface area contributed by atoms with Gasteiger partial charge in [-0.1, -0.05) is 0 Å². The second kappa shape index (κ2) is 10.7. The standard InChI is InChI=1S/2C6H10N2O.4ClH/c2*9-6-1-4-2-7-3-5(4)8-6;;;;/h2*4-5,7H,1-3H2,(H,8,9);4*1H/t2*4-,5+;;;;/m10..../s1. The molecule has 132 valence electrons. The molecule has 10 heteroatoms. The topological polar surface area (TPSA) is 82.3 Å². The van der Waals surface area contributed by atoms with Gasteiger partial charge in [0, 0.05) is 62.9 Å². The van der Waals surface area contributed by atoms with E-state index in [1.54, 1.807) is 0 Å². The van der Waals surface area contributed by atoms with Crippen molar-refractivity contribution in [2.45, 2.75) is 24.9 Å². The SMILES string of the molecule is Cl.Cl.Cl.Cl.O=C1C[C@@H]2CNC[C@@H]2N1.O=C1C[C@H]2CNC[C@H]2N1. The summed E-state index contributed by atoms with van der Waals surface area (Å²) in [6.45, 7) is 3.97. The van der Waals surface area contributed by atoms with Crippen molar-refractivity contribution in [1.82, 2.24) is 21.3 Å². The zero-order chi connectivity index (χ0) is 12.5. The van der Waals surface area contributed by atoms with E-state index in [2.05, 4.69) is 21.3 Å². The number of hydrogen-bond donors (Lipinski definition) is 4. The van der Waals surface area contributed by atoms with Gasteiger partial charge in [0.25, 0.3) is 0 Å². The molecule has 4 rings (SSSR count). The molecule has 0 aromatic carbocycles. The fourth-order valence-electron chi connectivity index (χ4n) is 3.24. The molecule has 0 aromatic rings. The zero-order valence-electron chi connectivity index (χ0n) is 12.0. The lowest BCUT2D eigenvalue weighted by Crippen LogP contribution is -2.30. The number of fused-ring (bicyclic) bond motifs is 2. The molecular formula is C12H24Cl4N4O2. The molecule has 6 nitrogen and oxygen atoms in total. The van der Waals surface area contributed by atoms with Crippen LogP contribution in [0.25, 0.3) is 0 Å². The molecule has 0 saturated carbocycles. The molecule has 0 bridgehead atoms. The van der Waals surface area contributed by atoms with Gasteiger partial charge < -0.3 is 21.3 Å². The van der Waals surface area contributed by atoms with Gasteiger partial charge in [-0.05, 0) is 0 Å². The molecule has 0 spiro atoms. The van der Waals surface area contributed by atoms with Crippen LogP contribution in [0.15, 0.2) is 0 Å². The summed E-state index contributed by atoms with van der Waals surface area (Å²) >= 11 is 0. The Morgan fingerprint density at radius 3 is 1.32 bits per heavy atom. The number of carbonyl (C=O) groups excluding carboxylic acids is 2. The molecular weight excluding hydrogens is 374 g/mol. The Balaban J connectivity index is 0. The smallest absolute Gasteiger partial charge is 0.220 e. The fourth-order valence-corrected chi connectivity index (χ4v) is 3.24. The van der Waals surface area contributed by atoms with Gasteiger partial charge in [-0.3, -0.25) is 9.59 Å². The fraction of sp³-hybridized carbons (Fsp3) is 0.833. The highest BCUT2D eigenvalue weighted by Gasteiger charge is 2.36. The van der Waals surface area contributed by atoms with Crippen molar-refractivity contribution in [2.75, 3.05) is 26.2 Å². The van der Waals surface area contributed by atoms with Crippen molar-refractivity contribution in [1.29, 1.82) is 0 Å². The summed E-state index contributed by atoms with van der Waals surface area (Å²) in [6, 6.07) is 0.884. The van der Waals surface area contributed by atoms with Crippen molar-refractivity contribution in [3.8, 4) is 0 Å². The van der Waals surface area contributed by atoms with Crippen LogP contribution in [0.2, 0.25) is 0 Å². The predicted octanol–water partition coefficient (Wildman–Crippen LogP) is -0.124. The average Bonchev–Trinajstić information content (AvgIpc) is 2.97. The highest BCUT2D eigenvalue weighted by atomic mass is 35.5. The van der Waals surface area contributed by atoms with E-state index in [1.165, 1.54) is 0 Å². The summed E-state index contributed by atoms with van der Waals surface area (Å²) in [5.41, 5.74) is 0. The molecule has 22 heavy (non-hydrogen) atoms. The van der Waals surface area contributed by atoms with Gasteiger partial charge in [-0.15, -0.1) is 49.6 Å². The van der Waals surface area contributed by atoms with Gasteiger partial charge >= 0.3 is 0 Å². The molecule has 2 amide bonds. The van der Waals surface area contributed by atoms with E-state index in [0.717, 1.165) is 39.0 Å². The minimum atomic E-state index is 0. The molecule has 0 aliphatic carbocycles. The molecule has 4 aliphatic rings. The summed E-state index contributed by atoms with van der Waals surface area (Å²) in [5, 5.41) is 12.3. The number of carbonyl (C=O) groups is 2. The molecule has 4 atom stereocenters. The van der Waals surface area contributed by atoms with E-state index in [9.17, 15) is 9.59 Å². The first kappa shape index (κ1) is 24.3. The van der Waals surface area contributed by atoms with Gasteiger partial charge in [0.15, 0.2) is 0 Å². The largest absolute Gasteiger partial charge is 0.352 e. The summed E-state index contributed by atoms with van der Waals surface area (Å²) in [5.74, 6) is 1.62. The van der Waals surface area contributed by atoms with Gasteiger partial charge in [-0.2, -0.15) is 0 Å². The predicted molar refractivity (Wildman–Crippen MR) is 94.8 cm³/mol. The van der Waals surface area contributed by atoms with Crippen LogP contribution in [-0.4, -0.2) is 50.1 Å². The first-order chi connectivity index (χ1) is 8.72. The Hall–Kier alpha value is 0.0200. The number of nitrogens with one attached hydrogen (secondary N) is 4. The van der Waals surface area contributed by atoms with Crippen molar-refractivity contribution in [3.05, 3.63) is 0 Å². The third-order valence-corrected chi connectivity index (χ3v) is 4.27. The highest BCUT2D eigenvalue weighted by Crippen LogP contribution is 2.19. The normalized spacial score (nSPS) is 33.3. The third-order valence-electron chi connectivity index (χ3n) is 4.27. The van der Waals surface area contributed by atoms with Gasteiger partial charge in [-0.25, -0.2) is 0 Å². The summed E-state index contributed by atoms with van der Waals surface area (Å²) in [4.78, 5) is 21.4. The number of hydrogen-bond acceptors (Lipinski definition) is 4. The van der Waals surface area contributed by atoms with Crippen LogP contribution >= 0.6 is 49.6 Å². The Morgan fingerprint density at radius 2 is 1.00 bits per heavy atom. The molecule has 4 aliphatic heterocycles. The maximum absolute atomic E-state index is 10.7. The van der Waals surface area contributed by atoms with E-state index in [1.807, 2.05) is 0 Å². The summed E-state index contributed by atoms with van der Waals surface area (Å²) in [7, 11) is 0. The Bertz CT molecular complexity index is 313. The van der Waals surface area contributed by atoms with Crippen LogP contribution in [0.1, 0.15) is 12.8 Å². The lowest BCUT2D eigenvalue weighted by Gasteiger charge is -2.03. The molecule has 0 radical (unpaired) electrons. The second-order valence-corrected chi connectivity index (χ2v) is 5.59. The molecule has 4 fully saturated rings. The van der Waals surface area contributed by atoms with Crippen molar-refractivity contribution in [2.24, 2.45) is 11.8 Å². The minimum absolute atomic E-state index is 0. The van der Waals surface area contributed by atoms with Crippen molar-refractivity contribution >= 4 is 61.4 Å². The average molecular weight is 398 g/mol. The maximum atomic E-state index is 10.7. The van der Waals surface area contributed by atoms with Crippen LogP contribution in [0.3, 0.4) is 0 Å². The molecule has 4 N–H and O–H groups in total. The van der Waals surface area contributed by atoms with Crippen molar-refractivity contribution < 1.29 is 9.59 Å². The van der Waals surface area contributed by atoms with E-state index >= 15 is 0 Å². The Kier molecular flexibility index (Phi) is 11.8. The van der Waals surface area contributed by atoms with Crippen LogP contribution in [-0.2, 0) is 9.59 Å². The monoisotopic (exact) mass is 396 g/mol. The Morgan fingerprint density at radius 1 is 0.636 bits per heavy atom. The van der Waals surface area contributed by atoms with E-state index in [4.69, 9.17) is 0 Å². The zero-order valence-corrected chi connectivity index (χ0v) is 15.3. The lowest BCUT2D eigenvalue weighted by atomic mass is 10.1. The van der Waals surface area contributed by atoms with Crippen LogP contribution < -0.4 is 21.3 Å². The molecule has 0 unspecified atom stereocenters. The molecule has 4 heterocycles. The third kappa shape index (κ3) is 5.58. The summed E-state index contributed by atoms with van der Waals surface area (Å²) in [6.07, 6.45) is 1.47. The first-order valence-corrected chi connectivity index (χ1v) is 6.72. The summed E-state index contributed by atoms with van der Waals surface area (Å²) < 4.78 is 0. The van der Waals surface area contributed by atoms with E-state index in [0.29, 0.717) is 23.9 Å². The number of halogens is 4. The lowest BCUT2D eigenvalue weighted by molar-refractivity contribution is -0.120. The quantitative estimate of drug-likeness (QED) is 0.459. The van der Waals surface area contributed by atoms with E-state index in [-0.39, 0.29) is 61.4 Å². The first-order valence-electron chi connectivity index (χ1n) is 6.72. The van der Waals surface area contributed by atoms with Crippen LogP contribution in [0.4, 0.5) is 0 Å². The number of amides is 2. The van der Waals surface area contributed by atoms with Gasteiger partial charge in [0.2, 0.25) is 11.8 Å². The Labute approximate surface area is 155 Å². The number of rotatable bonds is 0. The molecule has 0 aromatic heterocycles. The minimum Gasteiger partial charge on any atom is -0.352 e. The highest BCUT2D eigenvalue weighted by molar-refractivity contribution is 5.86. The van der Waals surface area contributed by atoms with Crippen LogP contribution in [0, 0.1) is 11.8 Å². The van der Waals surface area contributed by atoms with E-state index < -0.39 is 0 Å². The van der Waals surface area contributed by atoms with Crippen molar-refractivity contribution in [3.63, 3.8) is 0 Å². The van der Waals surface area contributed by atoms with Gasteiger partial charge in [0.1, 0.15) is 0 Å². The van der Waals surface area contributed by atoms with Crippen LogP contribution in [0.5, 0.6) is 0 Å². The second-order valence-electron chi connectivity index (χ2n) is 5.59. The molecule has 4 saturated heterocycles.